The SMILES string of the molecule is CC(C)CNC(=O)C1CCCN(C(=O)c2ccc(NS(C)(=O)=O)cc2)C1. The maximum Gasteiger partial charge on any atom is 0.253 e. The molecular weight excluding hydrogens is 354 g/mol. The number of benzene rings is 1. The minimum atomic E-state index is -3.35. The molecule has 1 aromatic rings. The lowest BCUT2D eigenvalue weighted by Crippen LogP contribution is -2.46. The molecule has 0 aromatic heterocycles. The molecule has 0 radical (unpaired) electrons. The highest BCUT2D eigenvalue weighted by Gasteiger charge is 2.28. The van der Waals surface area contributed by atoms with Crippen LogP contribution >= 0.6 is 0 Å². The van der Waals surface area contributed by atoms with Crippen LogP contribution in [-0.2, 0) is 14.8 Å². The maximum absolute atomic E-state index is 12.7. The van der Waals surface area contributed by atoms with Crippen molar-refractivity contribution >= 4 is 27.5 Å². The van der Waals surface area contributed by atoms with E-state index in [4.69, 9.17) is 0 Å². The first kappa shape index (κ1) is 20.2. The van der Waals surface area contributed by atoms with E-state index in [9.17, 15) is 18.0 Å². The van der Waals surface area contributed by atoms with E-state index >= 15 is 0 Å². The van der Waals surface area contributed by atoms with Crippen molar-refractivity contribution in [1.29, 1.82) is 0 Å². The van der Waals surface area contributed by atoms with Crippen molar-refractivity contribution in [3.8, 4) is 0 Å². The third-order valence-corrected chi connectivity index (χ3v) is 4.81. The monoisotopic (exact) mass is 381 g/mol. The van der Waals surface area contributed by atoms with Gasteiger partial charge in [0.2, 0.25) is 15.9 Å². The highest BCUT2D eigenvalue weighted by atomic mass is 32.2. The fourth-order valence-corrected chi connectivity index (χ4v) is 3.47. The van der Waals surface area contributed by atoms with Crippen LogP contribution in [0.4, 0.5) is 5.69 Å². The van der Waals surface area contributed by atoms with Gasteiger partial charge in [0.15, 0.2) is 0 Å². The first-order valence-corrected chi connectivity index (χ1v) is 10.7. The van der Waals surface area contributed by atoms with Crippen molar-refractivity contribution in [2.45, 2.75) is 26.7 Å². The van der Waals surface area contributed by atoms with Gasteiger partial charge in [-0.05, 0) is 43.0 Å². The highest BCUT2D eigenvalue weighted by molar-refractivity contribution is 7.92. The molecule has 1 fully saturated rings. The van der Waals surface area contributed by atoms with Gasteiger partial charge in [-0.25, -0.2) is 8.42 Å². The first-order chi connectivity index (χ1) is 12.2. The van der Waals surface area contributed by atoms with E-state index in [1.165, 1.54) is 0 Å². The molecule has 1 aliphatic rings. The average molecular weight is 381 g/mol. The van der Waals surface area contributed by atoms with E-state index < -0.39 is 10.0 Å². The summed E-state index contributed by atoms with van der Waals surface area (Å²) in [5.41, 5.74) is 0.890. The first-order valence-electron chi connectivity index (χ1n) is 8.80. The van der Waals surface area contributed by atoms with Crippen LogP contribution < -0.4 is 10.0 Å². The number of likely N-dealkylation sites (tertiary alicyclic amines) is 1. The Hall–Kier alpha value is -2.09. The van der Waals surface area contributed by atoms with Gasteiger partial charge in [0.05, 0.1) is 12.2 Å². The molecule has 0 aliphatic carbocycles. The van der Waals surface area contributed by atoms with Crippen molar-refractivity contribution in [1.82, 2.24) is 10.2 Å². The van der Waals surface area contributed by atoms with Gasteiger partial charge in [-0.1, -0.05) is 13.8 Å². The van der Waals surface area contributed by atoms with Gasteiger partial charge in [-0.2, -0.15) is 0 Å². The zero-order chi connectivity index (χ0) is 19.3. The normalized spacial score (nSPS) is 17.8. The summed E-state index contributed by atoms with van der Waals surface area (Å²) < 4.78 is 24.8. The van der Waals surface area contributed by atoms with Crippen molar-refractivity contribution in [2.75, 3.05) is 30.6 Å². The van der Waals surface area contributed by atoms with Gasteiger partial charge >= 0.3 is 0 Å². The van der Waals surface area contributed by atoms with Gasteiger partial charge in [-0.3, -0.25) is 14.3 Å². The molecule has 0 bridgehead atoms. The van der Waals surface area contributed by atoms with E-state index in [0.29, 0.717) is 36.8 Å². The third kappa shape index (κ3) is 6.01. The van der Waals surface area contributed by atoms with E-state index in [-0.39, 0.29) is 17.7 Å². The molecule has 2 rings (SSSR count). The van der Waals surface area contributed by atoms with Crippen molar-refractivity contribution in [3.63, 3.8) is 0 Å². The largest absolute Gasteiger partial charge is 0.356 e. The number of amides is 2. The van der Waals surface area contributed by atoms with E-state index in [1.54, 1.807) is 29.2 Å². The fourth-order valence-electron chi connectivity index (χ4n) is 2.90. The van der Waals surface area contributed by atoms with Crippen LogP contribution in [0.3, 0.4) is 0 Å². The summed E-state index contributed by atoms with van der Waals surface area (Å²) in [6.45, 7) is 5.75. The number of anilines is 1. The molecule has 1 aliphatic heterocycles. The molecule has 7 nitrogen and oxygen atoms in total. The lowest BCUT2D eigenvalue weighted by molar-refractivity contribution is -0.126. The van der Waals surface area contributed by atoms with Gasteiger partial charge in [0.25, 0.3) is 5.91 Å². The fraction of sp³-hybridized carbons (Fsp3) is 0.556. The number of carbonyl (C=O) groups is 2. The minimum Gasteiger partial charge on any atom is -0.356 e. The molecule has 0 saturated carbocycles. The average Bonchev–Trinajstić information content (AvgIpc) is 2.58. The summed E-state index contributed by atoms with van der Waals surface area (Å²) in [4.78, 5) is 26.7. The Morgan fingerprint density at radius 2 is 1.88 bits per heavy atom. The van der Waals surface area contributed by atoms with E-state index in [2.05, 4.69) is 10.0 Å². The van der Waals surface area contributed by atoms with Crippen LogP contribution in [0.1, 0.15) is 37.0 Å². The van der Waals surface area contributed by atoms with Crippen LogP contribution in [0.5, 0.6) is 0 Å². The number of piperidine rings is 1. The Labute approximate surface area is 155 Å². The minimum absolute atomic E-state index is 0.00361. The quantitative estimate of drug-likeness (QED) is 0.784. The molecule has 8 heteroatoms. The lowest BCUT2D eigenvalue weighted by Gasteiger charge is -2.32. The van der Waals surface area contributed by atoms with Crippen LogP contribution in [0, 0.1) is 11.8 Å². The van der Waals surface area contributed by atoms with Crippen molar-refractivity contribution in [2.24, 2.45) is 11.8 Å². The smallest absolute Gasteiger partial charge is 0.253 e. The summed E-state index contributed by atoms with van der Waals surface area (Å²) >= 11 is 0. The second-order valence-electron chi connectivity index (χ2n) is 7.18. The van der Waals surface area contributed by atoms with Gasteiger partial charge in [0, 0.05) is 30.9 Å². The van der Waals surface area contributed by atoms with Gasteiger partial charge in [-0.15, -0.1) is 0 Å². The summed E-state index contributed by atoms with van der Waals surface area (Å²) in [6, 6.07) is 6.31. The molecule has 2 amide bonds. The Bertz CT molecular complexity index is 744. The summed E-state index contributed by atoms with van der Waals surface area (Å²) in [5.74, 6) is 0.0677. The maximum atomic E-state index is 12.7. The lowest BCUT2D eigenvalue weighted by atomic mass is 9.96. The predicted molar refractivity (Wildman–Crippen MR) is 101 cm³/mol. The van der Waals surface area contributed by atoms with Crippen molar-refractivity contribution < 1.29 is 18.0 Å². The number of nitrogens with one attached hydrogen (secondary N) is 2. The van der Waals surface area contributed by atoms with E-state index in [0.717, 1.165) is 19.1 Å². The number of sulfonamides is 1. The number of hydrogen-bond acceptors (Lipinski definition) is 4. The Morgan fingerprint density at radius 1 is 1.23 bits per heavy atom. The Balaban J connectivity index is 1.99. The molecule has 0 spiro atoms. The summed E-state index contributed by atoms with van der Waals surface area (Å²) in [7, 11) is -3.35. The molecule has 144 valence electrons. The second kappa shape index (κ2) is 8.53. The van der Waals surface area contributed by atoms with Gasteiger partial charge < -0.3 is 10.2 Å². The van der Waals surface area contributed by atoms with Crippen molar-refractivity contribution in [3.05, 3.63) is 29.8 Å². The van der Waals surface area contributed by atoms with Crippen LogP contribution in [-0.4, -0.2) is 51.0 Å². The van der Waals surface area contributed by atoms with E-state index in [1.807, 2.05) is 13.8 Å². The second-order valence-corrected chi connectivity index (χ2v) is 8.93. The number of hydrogen-bond donors (Lipinski definition) is 2. The Morgan fingerprint density at radius 3 is 2.46 bits per heavy atom. The topological polar surface area (TPSA) is 95.6 Å². The molecule has 26 heavy (non-hydrogen) atoms. The van der Waals surface area contributed by atoms with Crippen LogP contribution in [0.15, 0.2) is 24.3 Å². The standard InChI is InChI=1S/C18H27N3O4S/c1-13(2)11-19-17(22)15-5-4-10-21(12-15)18(23)14-6-8-16(9-7-14)20-26(3,24)25/h6-9,13,15,20H,4-5,10-12H2,1-3H3,(H,19,22). The van der Waals surface area contributed by atoms with Gasteiger partial charge in [0.1, 0.15) is 0 Å². The number of nitrogens with zero attached hydrogens (tertiary/aromatic N) is 1. The molecular formula is C18H27N3O4S. The zero-order valence-corrected chi connectivity index (χ0v) is 16.3. The highest BCUT2D eigenvalue weighted by Crippen LogP contribution is 2.20. The van der Waals surface area contributed by atoms with Crippen LogP contribution in [0.2, 0.25) is 0 Å². The summed E-state index contributed by atoms with van der Waals surface area (Å²) in [5, 5.41) is 2.94. The number of rotatable bonds is 6. The zero-order valence-electron chi connectivity index (χ0n) is 15.5. The number of carbonyl (C=O) groups excluding carboxylic acids is 2. The van der Waals surface area contributed by atoms with Crippen LogP contribution in [0.25, 0.3) is 0 Å². The predicted octanol–water partition coefficient (Wildman–Crippen LogP) is 1.68. The summed E-state index contributed by atoms with van der Waals surface area (Å²) in [6.07, 6.45) is 2.65. The molecule has 1 saturated heterocycles. The molecule has 1 aromatic carbocycles. The molecule has 1 unspecified atom stereocenters. The molecule has 1 heterocycles. The molecule has 1 atom stereocenters. The molecule has 2 N–H and O–H groups in total. The Kier molecular flexibility index (Phi) is 6.63. The third-order valence-electron chi connectivity index (χ3n) is 4.20.